The molecule has 1 saturated heterocycles. The summed E-state index contributed by atoms with van der Waals surface area (Å²) in [5, 5.41) is 0. The first-order chi connectivity index (χ1) is 7.29. The first-order valence-electron chi connectivity index (χ1n) is 5.74. The molecule has 1 heterocycles. The van der Waals surface area contributed by atoms with Crippen LogP contribution in [0.3, 0.4) is 0 Å². The highest BCUT2D eigenvalue weighted by molar-refractivity contribution is 5.14. The molecular formula is C13H20INO. The third-order valence-corrected chi connectivity index (χ3v) is 3.33. The Morgan fingerprint density at radius 1 is 1.12 bits per heavy atom. The predicted octanol–water partition coefficient (Wildman–Crippen LogP) is -1.29. The Hall–Kier alpha value is -0.130. The van der Waals surface area contributed by atoms with Crippen molar-refractivity contribution in [2.75, 3.05) is 39.9 Å². The van der Waals surface area contributed by atoms with Crippen LogP contribution >= 0.6 is 0 Å². The topological polar surface area (TPSA) is 9.23 Å². The minimum atomic E-state index is 0. The number of halogens is 1. The monoisotopic (exact) mass is 333 g/mol. The Morgan fingerprint density at radius 2 is 1.75 bits per heavy atom. The molecule has 0 spiro atoms. The van der Waals surface area contributed by atoms with Crippen molar-refractivity contribution in [3.63, 3.8) is 0 Å². The van der Waals surface area contributed by atoms with Crippen molar-refractivity contribution in [3.05, 3.63) is 35.9 Å². The summed E-state index contributed by atoms with van der Waals surface area (Å²) in [6.07, 6.45) is 1.18. The predicted molar refractivity (Wildman–Crippen MR) is 61.8 cm³/mol. The van der Waals surface area contributed by atoms with Crippen molar-refractivity contribution in [2.45, 2.75) is 6.42 Å². The van der Waals surface area contributed by atoms with Gasteiger partial charge in [0.25, 0.3) is 0 Å². The van der Waals surface area contributed by atoms with E-state index in [1.165, 1.54) is 18.5 Å². The zero-order valence-corrected chi connectivity index (χ0v) is 12.0. The van der Waals surface area contributed by atoms with E-state index in [1.54, 1.807) is 0 Å². The standard InChI is InChI=1S/C13H20NO.HI/c1-14(9-11-15-12-10-14)8-7-13-5-3-2-4-6-13;/h2-6H,7-12H2,1H3;1H/q+1;/p-1. The lowest BCUT2D eigenvalue weighted by Gasteiger charge is -2.37. The van der Waals surface area contributed by atoms with Gasteiger partial charge in [-0.05, 0) is 5.56 Å². The summed E-state index contributed by atoms with van der Waals surface area (Å²) in [6, 6.07) is 10.7. The number of likely N-dealkylation sites (N-methyl/N-ethyl adjacent to an activating group) is 1. The van der Waals surface area contributed by atoms with Gasteiger partial charge in [0.1, 0.15) is 13.1 Å². The molecule has 0 N–H and O–H groups in total. The summed E-state index contributed by atoms with van der Waals surface area (Å²) in [5.41, 5.74) is 1.45. The van der Waals surface area contributed by atoms with Gasteiger partial charge in [-0.3, -0.25) is 0 Å². The smallest absolute Gasteiger partial charge is 0.102 e. The third-order valence-electron chi connectivity index (χ3n) is 3.33. The molecule has 16 heavy (non-hydrogen) atoms. The number of hydrogen-bond donors (Lipinski definition) is 0. The Morgan fingerprint density at radius 3 is 2.38 bits per heavy atom. The fourth-order valence-electron chi connectivity index (χ4n) is 2.05. The zero-order chi connectivity index (χ0) is 10.6. The van der Waals surface area contributed by atoms with Crippen molar-refractivity contribution in [2.24, 2.45) is 0 Å². The Labute approximate surface area is 115 Å². The van der Waals surface area contributed by atoms with Crippen molar-refractivity contribution in [1.82, 2.24) is 0 Å². The maximum absolute atomic E-state index is 5.40. The first kappa shape index (κ1) is 13.9. The number of nitrogens with zero attached hydrogens (tertiary/aromatic N) is 1. The van der Waals surface area contributed by atoms with Gasteiger partial charge in [0, 0.05) is 6.42 Å². The van der Waals surface area contributed by atoms with Crippen LogP contribution in [0.25, 0.3) is 0 Å². The molecule has 0 amide bonds. The number of ether oxygens (including phenoxy) is 1. The summed E-state index contributed by atoms with van der Waals surface area (Å²) in [6.45, 7) is 5.39. The first-order valence-corrected chi connectivity index (χ1v) is 5.74. The maximum Gasteiger partial charge on any atom is 0.102 e. The molecule has 90 valence electrons. The molecule has 0 unspecified atom stereocenters. The largest absolute Gasteiger partial charge is 1.00 e. The maximum atomic E-state index is 5.40. The van der Waals surface area contributed by atoms with Gasteiger partial charge in [0.05, 0.1) is 26.8 Å². The van der Waals surface area contributed by atoms with E-state index >= 15 is 0 Å². The quantitative estimate of drug-likeness (QED) is 0.494. The van der Waals surface area contributed by atoms with Gasteiger partial charge < -0.3 is 33.2 Å². The van der Waals surface area contributed by atoms with E-state index < -0.39 is 0 Å². The van der Waals surface area contributed by atoms with E-state index in [2.05, 4.69) is 37.4 Å². The number of rotatable bonds is 3. The molecule has 2 nitrogen and oxygen atoms in total. The van der Waals surface area contributed by atoms with Gasteiger partial charge in [0.15, 0.2) is 0 Å². The average Bonchev–Trinajstić information content (AvgIpc) is 2.29. The molecule has 1 fully saturated rings. The molecule has 0 atom stereocenters. The average molecular weight is 333 g/mol. The Balaban J connectivity index is 0.00000128. The van der Waals surface area contributed by atoms with Crippen LogP contribution in [0, 0.1) is 0 Å². The van der Waals surface area contributed by atoms with Crippen LogP contribution < -0.4 is 24.0 Å². The molecule has 0 aromatic heterocycles. The lowest BCUT2D eigenvalue weighted by atomic mass is 10.1. The van der Waals surface area contributed by atoms with Gasteiger partial charge >= 0.3 is 0 Å². The lowest BCUT2D eigenvalue weighted by molar-refractivity contribution is -0.916. The van der Waals surface area contributed by atoms with Crippen LogP contribution in [0.1, 0.15) is 5.56 Å². The highest BCUT2D eigenvalue weighted by Crippen LogP contribution is 2.10. The molecule has 2 rings (SSSR count). The SMILES string of the molecule is C[N+]1(CCc2ccccc2)CCOCC1.[I-]. The van der Waals surface area contributed by atoms with E-state index in [1.807, 2.05) is 0 Å². The number of quaternary nitrogens is 1. The van der Waals surface area contributed by atoms with Gasteiger partial charge in [-0.25, -0.2) is 0 Å². The second-order valence-corrected chi connectivity index (χ2v) is 4.64. The van der Waals surface area contributed by atoms with E-state index in [9.17, 15) is 0 Å². The van der Waals surface area contributed by atoms with Crippen molar-refractivity contribution >= 4 is 0 Å². The second-order valence-electron chi connectivity index (χ2n) is 4.64. The normalized spacial score (nSPS) is 18.8. The van der Waals surface area contributed by atoms with Crippen molar-refractivity contribution < 1.29 is 33.2 Å². The van der Waals surface area contributed by atoms with Gasteiger partial charge in [-0.2, -0.15) is 0 Å². The zero-order valence-electron chi connectivity index (χ0n) is 9.86. The molecule has 0 radical (unpaired) electrons. The Kier molecular flexibility index (Phi) is 5.72. The van der Waals surface area contributed by atoms with E-state index in [0.717, 1.165) is 30.8 Å². The van der Waals surface area contributed by atoms with Crippen LogP contribution in [0.4, 0.5) is 0 Å². The summed E-state index contributed by atoms with van der Waals surface area (Å²) in [5.74, 6) is 0. The fraction of sp³-hybridized carbons (Fsp3) is 0.538. The van der Waals surface area contributed by atoms with E-state index in [4.69, 9.17) is 4.74 Å². The van der Waals surface area contributed by atoms with Gasteiger partial charge in [0.2, 0.25) is 0 Å². The van der Waals surface area contributed by atoms with E-state index in [0.29, 0.717) is 0 Å². The number of benzene rings is 1. The van der Waals surface area contributed by atoms with Crippen LogP contribution in [0.15, 0.2) is 30.3 Å². The second kappa shape index (κ2) is 6.57. The highest BCUT2D eigenvalue weighted by Gasteiger charge is 2.24. The summed E-state index contributed by atoms with van der Waals surface area (Å²) in [7, 11) is 2.34. The molecule has 0 bridgehead atoms. The fourth-order valence-corrected chi connectivity index (χ4v) is 2.05. The molecule has 0 saturated carbocycles. The van der Waals surface area contributed by atoms with Crippen molar-refractivity contribution in [3.8, 4) is 0 Å². The molecular weight excluding hydrogens is 313 g/mol. The van der Waals surface area contributed by atoms with Gasteiger partial charge in [-0.1, -0.05) is 30.3 Å². The summed E-state index contributed by atoms with van der Waals surface area (Å²) < 4.78 is 6.56. The number of hydrogen-bond acceptors (Lipinski definition) is 1. The molecule has 1 aliphatic rings. The molecule has 1 aliphatic heterocycles. The molecule has 3 heteroatoms. The summed E-state index contributed by atoms with van der Waals surface area (Å²) in [4.78, 5) is 0. The van der Waals surface area contributed by atoms with Crippen molar-refractivity contribution in [1.29, 1.82) is 0 Å². The van der Waals surface area contributed by atoms with Crippen LogP contribution in [-0.2, 0) is 11.2 Å². The lowest BCUT2D eigenvalue weighted by Crippen LogP contribution is -3.00. The van der Waals surface area contributed by atoms with Crippen LogP contribution in [0.2, 0.25) is 0 Å². The third kappa shape index (κ3) is 4.03. The molecule has 1 aromatic carbocycles. The highest BCUT2D eigenvalue weighted by atomic mass is 127. The van der Waals surface area contributed by atoms with E-state index in [-0.39, 0.29) is 24.0 Å². The molecule has 1 aromatic rings. The molecule has 0 aliphatic carbocycles. The van der Waals surface area contributed by atoms with Gasteiger partial charge in [-0.15, -0.1) is 0 Å². The minimum absolute atomic E-state index is 0. The minimum Gasteiger partial charge on any atom is -1.00 e. The van der Waals surface area contributed by atoms with Crippen LogP contribution in [-0.4, -0.2) is 44.4 Å². The number of morpholine rings is 1. The summed E-state index contributed by atoms with van der Waals surface area (Å²) >= 11 is 0. The van der Waals surface area contributed by atoms with Crippen LogP contribution in [0.5, 0.6) is 0 Å². The Bertz CT molecular complexity index is 296.